The van der Waals surface area contributed by atoms with E-state index < -0.39 is 0 Å². The van der Waals surface area contributed by atoms with Crippen LogP contribution in [0.4, 0.5) is 0 Å². The second-order valence-electron chi connectivity index (χ2n) is 4.18. The molecular weight excluding hydrogens is 224 g/mol. The van der Waals surface area contributed by atoms with Crippen molar-refractivity contribution >= 4 is 23.1 Å². The Bertz CT molecular complexity index is 268. The van der Waals surface area contributed by atoms with E-state index in [1.54, 1.807) is 11.3 Å². The molecule has 0 bridgehead atoms. The molecule has 2 N–H and O–H groups in total. The molecule has 1 atom stereocenters. The lowest BCUT2D eigenvalue weighted by molar-refractivity contribution is 0.405. The molecule has 0 spiro atoms. The van der Waals surface area contributed by atoms with E-state index in [0.717, 1.165) is 12.3 Å². The second kappa shape index (κ2) is 5.87. The summed E-state index contributed by atoms with van der Waals surface area (Å²) in [5, 5.41) is 3.21. The van der Waals surface area contributed by atoms with Gasteiger partial charge in [-0.1, -0.05) is 0 Å². The molecule has 0 radical (unpaired) electrons. The van der Waals surface area contributed by atoms with Gasteiger partial charge in [-0.3, -0.25) is 0 Å². The van der Waals surface area contributed by atoms with Crippen molar-refractivity contribution < 1.29 is 0 Å². The Kier molecular flexibility index (Phi) is 4.47. The minimum atomic E-state index is 0.309. The highest BCUT2D eigenvalue weighted by atomic mass is 32.2. The third-order valence-corrected chi connectivity index (χ3v) is 4.75. The first kappa shape index (κ1) is 11.4. The van der Waals surface area contributed by atoms with Gasteiger partial charge in [-0.15, -0.1) is 11.3 Å². The van der Waals surface area contributed by atoms with Crippen LogP contribution in [0.15, 0.2) is 11.6 Å². The average molecular weight is 242 g/mol. The SMILES string of the molecule is NC(Cc1nccs1)CC1CCSCC1. The lowest BCUT2D eigenvalue weighted by Crippen LogP contribution is -2.27. The summed E-state index contributed by atoms with van der Waals surface area (Å²) in [5.74, 6) is 3.52. The summed E-state index contributed by atoms with van der Waals surface area (Å²) in [6, 6.07) is 0.309. The third-order valence-electron chi connectivity index (χ3n) is 2.90. The maximum atomic E-state index is 6.16. The Hall–Kier alpha value is -0.0600. The van der Waals surface area contributed by atoms with E-state index in [1.165, 1.54) is 35.8 Å². The van der Waals surface area contributed by atoms with Crippen LogP contribution < -0.4 is 5.73 Å². The van der Waals surface area contributed by atoms with Gasteiger partial charge < -0.3 is 5.73 Å². The number of hydrogen-bond acceptors (Lipinski definition) is 4. The van der Waals surface area contributed by atoms with Crippen LogP contribution in [0.25, 0.3) is 0 Å². The molecular formula is C11H18N2S2. The van der Waals surface area contributed by atoms with Crippen molar-refractivity contribution in [3.8, 4) is 0 Å². The number of hydrogen-bond donors (Lipinski definition) is 1. The van der Waals surface area contributed by atoms with E-state index in [-0.39, 0.29) is 0 Å². The number of rotatable bonds is 4. The van der Waals surface area contributed by atoms with E-state index in [4.69, 9.17) is 5.73 Å². The van der Waals surface area contributed by atoms with Gasteiger partial charge in [-0.25, -0.2) is 4.98 Å². The van der Waals surface area contributed by atoms with Gasteiger partial charge in [0, 0.05) is 24.0 Å². The average Bonchev–Trinajstić information content (AvgIpc) is 2.71. The van der Waals surface area contributed by atoms with Crippen molar-refractivity contribution in [3.63, 3.8) is 0 Å². The van der Waals surface area contributed by atoms with Gasteiger partial charge in [0.1, 0.15) is 0 Å². The van der Waals surface area contributed by atoms with Gasteiger partial charge in [0.25, 0.3) is 0 Å². The molecule has 0 saturated carbocycles. The van der Waals surface area contributed by atoms with E-state index in [9.17, 15) is 0 Å². The number of nitrogens with two attached hydrogens (primary N) is 1. The second-order valence-corrected chi connectivity index (χ2v) is 6.39. The van der Waals surface area contributed by atoms with Crippen LogP contribution in [0.5, 0.6) is 0 Å². The maximum Gasteiger partial charge on any atom is 0.0940 e. The van der Waals surface area contributed by atoms with Crippen LogP contribution in [0.1, 0.15) is 24.3 Å². The topological polar surface area (TPSA) is 38.9 Å². The molecule has 1 unspecified atom stereocenters. The molecule has 15 heavy (non-hydrogen) atoms. The van der Waals surface area contributed by atoms with E-state index >= 15 is 0 Å². The van der Waals surface area contributed by atoms with Crippen molar-refractivity contribution in [1.29, 1.82) is 0 Å². The molecule has 84 valence electrons. The van der Waals surface area contributed by atoms with E-state index in [1.807, 2.05) is 11.6 Å². The first-order chi connectivity index (χ1) is 7.34. The molecule has 2 nitrogen and oxygen atoms in total. The molecule has 2 rings (SSSR count). The van der Waals surface area contributed by atoms with Gasteiger partial charge in [0.15, 0.2) is 0 Å². The quantitative estimate of drug-likeness (QED) is 0.882. The van der Waals surface area contributed by atoms with Gasteiger partial charge >= 0.3 is 0 Å². The van der Waals surface area contributed by atoms with Crippen LogP contribution in [0, 0.1) is 5.92 Å². The predicted molar refractivity (Wildman–Crippen MR) is 68.5 cm³/mol. The summed E-state index contributed by atoms with van der Waals surface area (Å²) in [6.45, 7) is 0. The van der Waals surface area contributed by atoms with Crippen molar-refractivity contribution in [1.82, 2.24) is 4.98 Å². The molecule has 0 aliphatic carbocycles. The van der Waals surface area contributed by atoms with Crippen molar-refractivity contribution in [2.75, 3.05) is 11.5 Å². The number of thiazole rings is 1. The molecule has 0 amide bonds. The molecule has 1 aliphatic heterocycles. The summed E-state index contributed by atoms with van der Waals surface area (Å²) < 4.78 is 0. The van der Waals surface area contributed by atoms with Gasteiger partial charge in [-0.2, -0.15) is 11.8 Å². The summed E-state index contributed by atoms with van der Waals surface area (Å²) >= 11 is 3.80. The Morgan fingerprint density at radius 1 is 1.47 bits per heavy atom. The fourth-order valence-corrected chi connectivity index (χ4v) is 3.99. The van der Waals surface area contributed by atoms with Gasteiger partial charge in [0.2, 0.25) is 0 Å². The zero-order chi connectivity index (χ0) is 10.5. The summed E-state index contributed by atoms with van der Waals surface area (Å²) in [4.78, 5) is 4.28. The molecule has 0 aromatic carbocycles. The molecule has 2 heterocycles. The first-order valence-corrected chi connectivity index (χ1v) is 7.59. The molecule has 1 aromatic rings. The number of nitrogens with zero attached hydrogens (tertiary/aromatic N) is 1. The Morgan fingerprint density at radius 2 is 2.27 bits per heavy atom. The lowest BCUT2D eigenvalue weighted by Gasteiger charge is -2.23. The van der Waals surface area contributed by atoms with Gasteiger partial charge in [-0.05, 0) is 36.7 Å². The minimum absolute atomic E-state index is 0.309. The Labute approximate surface area is 99.7 Å². The fraction of sp³-hybridized carbons (Fsp3) is 0.727. The maximum absolute atomic E-state index is 6.16. The fourth-order valence-electron chi connectivity index (χ4n) is 2.07. The highest BCUT2D eigenvalue weighted by Gasteiger charge is 2.17. The largest absolute Gasteiger partial charge is 0.327 e. The minimum Gasteiger partial charge on any atom is -0.327 e. The molecule has 1 saturated heterocycles. The van der Waals surface area contributed by atoms with Gasteiger partial charge in [0.05, 0.1) is 5.01 Å². The smallest absolute Gasteiger partial charge is 0.0940 e. The molecule has 1 fully saturated rings. The molecule has 1 aliphatic rings. The number of thioether (sulfide) groups is 1. The van der Waals surface area contributed by atoms with Crippen LogP contribution in [0.3, 0.4) is 0 Å². The zero-order valence-corrected chi connectivity index (χ0v) is 10.5. The van der Waals surface area contributed by atoms with Crippen LogP contribution in [-0.2, 0) is 6.42 Å². The zero-order valence-electron chi connectivity index (χ0n) is 8.89. The third kappa shape index (κ3) is 3.78. The van der Waals surface area contributed by atoms with Crippen molar-refractivity contribution in [2.24, 2.45) is 11.7 Å². The summed E-state index contributed by atoms with van der Waals surface area (Å²) in [6.07, 6.45) is 6.72. The van der Waals surface area contributed by atoms with E-state index in [2.05, 4.69) is 16.7 Å². The van der Waals surface area contributed by atoms with Crippen LogP contribution >= 0.6 is 23.1 Å². The summed E-state index contributed by atoms with van der Waals surface area (Å²) in [7, 11) is 0. The Morgan fingerprint density at radius 3 is 2.93 bits per heavy atom. The van der Waals surface area contributed by atoms with E-state index in [0.29, 0.717) is 6.04 Å². The summed E-state index contributed by atoms with van der Waals surface area (Å²) in [5.41, 5.74) is 6.16. The van der Waals surface area contributed by atoms with Crippen LogP contribution in [-0.4, -0.2) is 22.5 Å². The molecule has 1 aromatic heterocycles. The normalized spacial score (nSPS) is 20.3. The first-order valence-electron chi connectivity index (χ1n) is 5.56. The van der Waals surface area contributed by atoms with Crippen molar-refractivity contribution in [2.45, 2.75) is 31.7 Å². The molecule has 4 heteroatoms. The number of aromatic nitrogens is 1. The standard InChI is InChI=1S/C11H18N2S2/c12-10(8-11-13-3-6-15-11)7-9-1-4-14-5-2-9/h3,6,9-10H,1-2,4-5,7-8,12H2. The van der Waals surface area contributed by atoms with Crippen molar-refractivity contribution in [3.05, 3.63) is 16.6 Å². The van der Waals surface area contributed by atoms with Crippen LogP contribution in [0.2, 0.25) is 0 Å². The monoisotopic (exact) mass is 242 g/mol. The lowest BCUT2D eigenvalue weighted by atomic mass is 9.93. The Balaban J connectivity index is 1.74. The highest BCUT2D eigenvalue weighted by molar-refractivity contribution is 7.99. The predicted octanol–water partition coefficient (Wildman–Crippen LogP) is 2.55. The highest BCUT2D eigenvalue weighted by Crippen LogP contribution is 2.26.